The highest BCUT2D eigenvalue weighted by Crippen LogP contribution is 2.37. The summed E-state index contributed by atoms with van der Waals surface area (Å²) >= 11 is 12.6. The second-order valence-electron chi connectivity index (χ2n) is 7.02. The van der Waals surface area contributed by atoms with E-state index in [-0.39, 0.29) is 32.9 Å². The molecule has 2 heterocycles. The Balaban J connectivity index is 1.62. The summed E-state index contributed by atoms with van der Waals surface area (Å²) in [4.78, 5) is 37.8. The van der Waals surface area contributed by atoms with Crippen LogP contribution in [0, 0.1) is 11.3 Å². The summed E-state index contributed by atoms with van der Waals surface area (Å²) in [6, 6.07) is 15.4. The van der Waals surface area contributed by atoms with E-state index in [2.05, 4.69) is 15.3 Å². The van der Waals surface area contributed by atoms with E-state index in [1.807, 2.05) is 35.3 Å². The van der Waals surface area contributed by atoms with E-state index in [4.69, 9.17) is 33.2 Å². The number of hydrogen-bond donors (Lipinski definition) is 2. The zero-order valence-electron chi connectivity index (χ0n) is 17.2. The van der Waals surface area contributed by atoms with Crippen LogP contribution in [0.2, 0.25) is 10.0 Å². The zero-order valence-corrected chi connectivity index (χ0v) is 18.7. The molecule has 0 spiro atoms. The van der Waals surface area contributed by atoms with Gasteiger partial charge in [0.1, 0.15) is 6.07 Å². The minimum Gasteiger partial charge on any atom is -0.434 e. The van der Waals surface area contributed by atoms with Gasteiger partial charge in [-0.05, 0) is 30.5 Å². The molecule has 34 heavy (non-hydrogen) atoms. The lowest BCUT2D eigenvalue weighted by molar-refractivity contribution is 0.453. The highest BCUT2D eigenvalue weighted by Gasteiger charge is 2.16. The fourth-order valence-electron chi connectivity index (χ4n) is 3.11. The molecule has 4 rings (SSSR count). The number of H-pyrrole nitrogens is 2. The molecule has 0 unspecified atom stereocenters. The van der Waals surface area contributed by atoms with Crippen molar-refractivity contribution in [1.29, 1.82) is 5.26 Å². The quantitative estimate of drug-likeness (QED) is 0.416. The van der Waals surface area contributed by atoms with Gasteiger partial charge in [-0.15, -0.1) is 10.2 Å². The molecule has 4 aromatic rings. The molecule has 10 nitrogen and oxygen atoms in total. The van der Waals surface area contributed by atoms with Crippen LogP contribution >= 0.6 is 23.2 Å². The first kappa shape index (κ1) is 23.0. The molecule has 0 saturated carbocycles. The van der Waals surface area contributed by atoms with Crippen LogP contribution < -0.4 is 21.5 Å². The molecule has 170 valence electrons. The standard InChI is InChI=1S/C22H14Cl2N6O4/c23-15-9-14(30-22(33)26-21(32)17(11-25)29-30)10-16(24)19(15)34-18-8-13(20(31)28-27-18)7-6-12-4-2-1-3-5-12/h1-5,8-10H,6-7H2,(H,28,31)(H,26,32,33). The van der Waals surface area contributed by atoms with Crippen molar-refractivity contribution in [2.75, 3.05) is 0 Å². The second kappa shape index (κ2) is 9.74. The summed E-state index contributed by atoms with van der Waals surface area (Å²) < 4.78 is 6.49. The summed E-state index contributed by atoms with van der Waals surface area (Å²) in [5, 5.41) is 19.0. The molecule has 2 aromatic carbocycles. The number of aromatic nitrogens is 5. The molecule has 0 fully saturated rings. The molecule has 2 N–H and O–H groups in total. The average molecular weight is 497 g/mol. The number of nitrogens with zero attached hydrogens (tertiary/aromatic N) is 4. The fraction of sp³-hybridized carbons (Fsp3) is 0.0909. The van der Waals surface area contributed by atoms with Crippen LogP contribution in [0.3, 0.4) is 0 Å². The molecule has 0 atom stereocenters. The first-order chi connectivity index (χ1) is 16.4. The molecule has 0 radical (unpaired) electrons. The van der Waals surface area contributed by atoms with Gasteiger partial charge in [-0.3, -0.25) is 14.6 Å². The fourth-order valence-corrected chi connectivity index (χ4v) is 3.66. The molecule has 0 aliphatic heterocycles. The van der Waals surface area contributed by atoms with Crippen molar-refractivity contribution in [3.05, 3.63) is 107 Å². The van der Waals surface area contributed by atoms with Crippen LogP contribution in [0.15, 0.2) is 62.9 Å². The van der Waals surface area contributed by atoms with Gasteiger partial charge in [0.2, 0.25) is 11.6 Å². The zero-order chi connectivity index (χ0) is 24.2. The third kappa shape index (κ3) is 4.91. The topological polar surface area (TPSA) is 147 Å². The number of halogens is 2. The number of rotatable bonds is 6. The minimum atomic E-state index is -0.909. The third-order valence-corrected chi connectivity index (χ3v) is 5.31. The third-order valence-electron chi connectivity index (χ3n) is 4.75. The molecule has 0 aliphatic carbocycles. The first-order valence-electron chi connectivity index (χ1n) is 9.79. The number of ether oxygens (including phenoxy) is 1. The van der Waals surface area contributed by atoms with Crippen molar-refractivity contribution in [2.24, 2.45) is 0 Å². The van der Waals surface area contributed by atoms with E-state index >= 15 is 0 Å². The Labute approximate surface area is 201 Å². The van der Waals surface area contributed by atoms with Gasteiger partial charge >= 0.3 is 5.69 Å². The monoisotopic (exact) mass is 496 g/mol. The predicted octanol–water partition coefficient (Wildman–Crippen LogP) is 2.76. The minimum absolute atomic E-state index is 0.000238. The van der Waals surface area contributed by atoms with Crippen molar-refractivity contribution in [3.8, 4) is 23.4 Å². The summed E-state index contributed by atoms with van der Waals surface area (Å²) in [5.74, 6) is 0.0870. The second-order valence-corrected chi connectivity index (χ2v) is 7.83. The van der Waals surface area contributed by atoms with Crippen LogP contribution in [-0.4, -0.2) is 25.0 Å². The van der Waals surface area contributed by atoms with Gasteiger partial charge < -0.3 is 4.74 Å². The number of benzene rings is 2. The van der Waals surface area contributed by atoms with Crippen LogP contribution in [-0.2, 0) is 12.8 Å². The maximum atomic E-state index is 12.2. The lowest BCUT2D eigenvalue weighted by atomic mass is 10.1. The SMILES string of the molecule is N#Cc1nn(-c2cc(Cl)c(Oc3cc(CCc4ccccc4)c(=O)[nH]n3)c(Cl)c2)c(=O)[nH]c1=O. The maximum absolute atomic E-state index is 12.2. The number of nitriles is 1. The van der Waals surface area contributed by atoms with E-state index < -0.39 is 16.9 Å². The molecule has 0 aliphatic rings. The van der Waals surface area contributed by atoms with E-state index in [0.717, 1.165) is 10.2 Å². The van der Waals surface area contributed by atoms with Gasteiger partial charge in [0.25, 0.3) is 11.1 Å². The van der Waals surface area contributed by atoms with Crippen molar-refractivity contribution < 1.29 is 4.74 Å². The van der Waals surface area contributed by atoms with Crippen molar-refractivity contribution >= 4 is 23.2 Å². The van der Waals surface area contributed by atoms with E-state index in [9.17, 15) is 14.4 Å². The van der Waals surface area contributed by atoms with Crippen molar-refractivity contribution in [3.63, 3.8) is 0 Å². The van der Waals surface area contributed by atoms with Crippen LogP contribution in [0.5, 0.6) is 11.6 Å². The van der Waals surface area contributed by atoms with E-state index in [1.54, 1.807) is 6.07 Å². The van der Waals surface area contributed by atoms with E-state index in [1.165, 1.54) is 18.2 Å². The van der Waals surface area contributed by atoms with Gasteiger partial charge in [-0.2, -0.15) is 9.94 Å². The highest BCUT2D eigenvalue weighted by atomic mass is 35.5. The summed E-state index contributed by atoms with van der Waals surface area (Å²) in [6.45, 7) is 0. The van der Waals surface area contributed by atoms with Gasteiger partial charge in [0.05, 0.1) is 15.7 Å². The molecule has 0 saturated heterocycles. The Morgan fingerprint density at radius 2 is 1.71 bits per heavy atom. The molecule has 0 bridgehead atoms. The molecule has 0 amide bonds. The first-order valence-corrected chi connectivity index (χ1v) is 10.5. The van der Waals surface area contributed by atoms with Gasteiger partial charge in [-0.25, -0.2) is 9.89 Å². The van der Waals surface area contributed by atoms with Gasteiger partial charge in [0.15, 0.2) is 5.75 Å². The summed E-state index contributed by atoms with van der Waals surface area (Å²) in [5.41, 5.74) is -0.999. The Kier molecular flexibility index (Phi) is 6.58. The molecule has 12 heteroatoms. The average Bonchev–Trinajstić information content (AvgIpc) is 2.82. The van der Waals surface area contributed by atoms with Crippen molar-refractivity contribution in [1.82, 2.24) is 25.0 Å². The summed E-state index contributed by atoms with van der Waals surface area (Å²) in [6.07, 6.45) is 1.11. The normalized spacial score (nSPS) is 10.6. The van der Waals surface area contributed by atoms with E-state index in [0.29, 0.717) is 18.4 Å². The highest BCUT2D eigenvalue weighted by molar-refractivity contribution is 6.37. The maximum Gasteiger partial charge on any atom is 0.349 e. The lowest BCUT2D eigenvalue weighted by Gasteiger charge is -2.12. The molecular weight excluding hydrogens is 483 g/mol. The van der Waals surface area contributed by atoms with Crippen molar-refractivity contribution in [2.45, 2.75) is 12.8 Å². The van der Waals surface area contributed by atoms with Crippen LogP contribution in [0.1, 0.15) is 16.8 Å². The molecule has 2 aromatic heterocycles. The Hall–Kier alpha value is -4.20. The summed E-state index contributed by atoms with van der Waals surface area (Å²) in [7, 11) is 0. The number of aryl methyl sites for hydroxylation is 2. The number of aromatic amines is 2. The van der Waals surface area contributed by atoms with Gasteiger partial charge in [-0.1, -0.05) is 53.5 Å². The van der Waals surface area contributed by atoms with Crippen LogP contribution in [0.25, 0.3) is 5.69 Å². The van der Waals surface area contributed by atoms with Gasteiger partial charge in [0, 0.05) is 11.6 Å². The number of hydrogen-bond acceptors (Lipinski definition) is 7. The largest absolute Gasteiger partial charge is 0.434 e. The predicted molar refractivity (Wildman–Crippen MR) is 124 cm³/mol. The lowest BCUT2D eigenvalue weighted by Crippen LogP contribution is -2.33. The Morgan fingerprint density at radius 3 is 2.38 bits per heavy atom. The smallest absolute Gasteiger partial charge is 0.349 e. The number of nitrogens with one attached hydrogen (secondary N) is 2. The Morgan fingerprint density at radius 1 is 1.00 bits per heavy atom. The molecular formula is C22H14Cl2N6O4. The van der Waals surface area contributed by atoms with Crippen LogP contribution in [0.4, 0.5) is 0 Å². The Bertz CT molecular complexity index is 1570.